The normalized spacial score (nSPS) is 10.7. The molecule has 112 valence electrons. The van der Waals surface area contributed by atoms with Crippen LogP contribution >= 0.6 is 0 Å². The quantitative estimate of drug-likeness (QED) is 0.802. The molecule has 0 aliphatic heterocycles. The Bertz CT molecular complexity index is 443. The number of aryl methyl sites for hydroxylation is 1. The molecule has 0 aliphatic carbocycles. The molecule has 2 N–H and O–H groups in total. The molecule has 0 unspecified atom stereocenters. The van der Waals surface area contributed by atoms with E-state index in [4.69, 9.17) is 0 Å². The van der Waals surface area contributed by atoms with Crippen molar-refractivity contribution in [2.24, 2.45) is 0 Å². The van der Waals surface area contributed by atoms with E-state index in [2.05, 4.69) is 61.4 Å². The zero-order valence-corrected chi connectivity index (χ0v) is 13.3. The molecular formula is C16H27N3O. The lowest BCUT2D eigenvalue weighted by atomic mass is 10.1. The molecule has 4 nitrogen and oxygen atoms in total. The number of carbonyl (C=O) groups excluding carboxylic acids is 1. The number of nitrogens with zero attached hydrogens (tertiary/aromatic N) is 1. The van der Waals surface area contributed by atoms with Gasteiger partial charge in [0.2, 0.25) is 5.91 Å². The Kier molecular flexibility index (Phi) is 6.52. The van der Waals surface area contributed by atoms with Crippen LogP contribution in [0, 0.1) is 6.92 Å². The van der Waals surface area contributed by atoms with Crippen LogP contribution in [0.25, 0.3) is 0 Å². The van der Waals surface area contributed by atoms with Crippen molar-refractivity contribution in [2.75, 3.05) is 25.0 Å². The predicted molar refractivity (Wildman–Crippen MR) is 85.1 cm³/mol. The number of carbonyl (C=O) groups is 1. The molecule has 20 heavy (non-hydrogen) atoms. The highest BCUT2D eigenvalue weighted by molar-refractivity contribution is 5.81. The summed E-state index contributed by atoms with van der Waals surface area (Å²) < 4.78 is 0. The Labute approximate surface area is 122 Å². The number of anilines is 1. The van der Waals surface area contributed by atoms with Crippen molar-refractivity contribution in [3.8, 4) is 0 Å². The molecule has 0 atom stereocenters. The fourth-order valence-corrected chi connectivity index (χ4v) is 2.10. The summed E-state index contributed by atoms with van der Waals surface area (Å²) in [6.07, 6.45) is 0. The van der Waals surface area contributed by atoms with Crippen molar-refractivity contribution >= 4 is 11.6 Å². The van der Waals surface area contributed by atoms with Gasteiger partial charge in [-0.3, -0.25) is 4.79 Å². The summed E-state index contributed by atoms with van der Waals surface area (Å²) in [6, 6.07) is 6.84. The van der Waals surface area contributed by atoms with Gasteiger partial charge in [0.1, 0.15) is 0 Å². The average molecular weight is 277 g/mol. The average Bonchev–Trinajstić information content (AvgIpc) is 2.42. The Morgan fingerprint density at radius 1 is 1.35 bits per heavy atom. The summed E-state index contributed by atoms with van der Waals surface area (Å²) in [5.74, 6) is 0.0372. The summed E-state index contributed by atoms with van der Waals surface area (Å²) in [5.41, 5.74) is 3.62. The van der Waals surface area contributed by atoms with E-state index in [1.807, 2.05) is 0 Å². The lowest BCUT2D eigenvalue weighted by molar-refractivity contribution is -0.119. The molecule has 1 aromatic carbocycles. The minimum atomic E-state index is 0.0372. The van der Waals surface area contributed by atoms with Crippen LogP contribution in [-0.4, -0.2) is 32.1 Å². The Hall–Kier alpha value is -1.55. The minimum absolute atomic E-state index is 0.0372. The van der Waals surface area contributed by atoms with Crippen LogP contribution in [-0.2, 0) is 11.3 Å². The maximum Gasteiger partial charge on any atom is 0.239 e. The molecule has 4 heteroatoms. The Morgan fingerprint density at radius 3 is 2.60 bits per heavy atom. The van der Waals surface area contributed by atoms with Gasteiger partial charge in [0.05, 0.1) is 6.54 Å². The fraction of sp³-hybridized carbons (Fsp3) is 0.562. The van der Waals surface area contributed by atoms with Crippen molar-refractivity contribution in [3.05, 3.63) is 29.3 Å². The highest BCUT2D eigenvalue weighted by Crippen LogP contribution is 2.22. The third kappa shape index (κ3) is 4.85. The van der Waals surface area contributed by atoms with E-state index < -0.39 is 0 Å². The number of rotatable bonds is 7. The van der Waals surface area contributed by atoms with Crippen molar-refractivity contribution < 1.29 is 4.79 Å². The van der Waals surface area contributed by atoms with Crippen LogP contribution < -0.4 is 15.5 Å². The van der Waals surface area contributed by atoms with Crippen molar-refractivity contribution in [3.63, 3.8) is 0 Å². The number of nitrogens with one attached hydrogen (secondary N) is 2. The van der Waals surface area contributed by atoms with E-state index in [0.717, 1.165) is 18.8 Å². The number of likely N-dealkylation sites (N-methyl/N-ethyl adjacent to an activating group) is 2. The number of amides is 1. The van der Waals surface area contributed by atoms with Crippen molar-refractivity contribution in [2.45, 2.75) is 40.3 Å². The van der Waals surface area contributed by atoms with Gasteiger partial charge in [-0.15, -0.1) is 0 Å². The standard InChI is InChI=1S/C16H27N3O/c1-6-19(11-16(20)17-5)15-8-7-13(4)9-14(15)10-18-12(2)3/h7-9,12,18H,6,10-11H2,1-5H3,(H,17,20). The first kappa shape index (κ1) is 16.5. The maximum absolute atomic E-state index is 11.6. The van der Waals surface area contributed by atoms with Gasteiger partial charge in [0.25, 0.3) is 0 Å². The van der Waals surface area contributed by atoms with Crippen LogP contribution in [0.5, 0.6) is 0 Å². The molecular weight excluding hydrogens is 250 g/mol. The first-order chi connectivity index (χ1) is 9.47. The molecule has 1 amide bonds. The van der Waals surface area contributed by atoms with E-state index in [0.29, 0.717) is 12.6 Å². The first-order valence-corrected chi connectivity index (χ1v) is 7.26. The molecule has 0 saturated carbocycles. The maximum atomic E-state index is 11.6. The molecule has 0 fully saturated rings. The minimum Gasteiger partial charge on any atom is -0.362 e. The topological polar surface area (TPSA) is 44.4 Å². The first-order valence-electron chi connectivity index (χ1n) is 7.26. The summed E-state index contributed by atoms with van der Waals surface area (Å²) in [5, 5.41) is 6.13. The van der Waals surface area contributed by atoms with Gasteiger partial charge in [-0.1, -0.05) is 31.5 Å². The van der Waals surface area contributed by atoms with Gasteiger partial charge < -0.3 is 15.5 Å². The highest BCUT2D eigenvalue weighted by atomic mass is 16.1. The van der Waals surface area contributed by atoms with Crippen LogP contribution in [0.3, 0.4) is 0 Å². The zero-order chi connectivity index (χ0) is 15.1. The van der Waals surface area contributed by atoms with E-state index in [1.165, 1.54) is 11.1 Å². The Balaban J connectivity index is 2.97. The van der Waals surface area contributed by atoms with E-state index in [-0.39, 0.29) is 5.91 Å². The van der Waals surface area contributed by atoms with Gasteiger partial charge >= 0.3 is 0 Å². The second-order valence-electron chi connectivity index (χ2n) is 5.36. The molecule has 0 saturated heterocycles. The second kappa shape index (κ2) is 7.90. The van der Waals surface area contributed by atoms with E-state index in [9.17, 15) is 4.79 Å². The number of benzene rings is 1. The van der Waals surface area contributed by atoms with Crippen LogP contribution in [0.2, 0.25) is 0 Å². The molecule has 1 rings (SSSR count). The van der Waals surface area contributed by atoms with Gasteiger partial charge in [0, 0.05) is 31.9 Å². The molecule has 1 aromatic rings. The van der Waals surface area contributed by atoms with Crippen LogP contribution in [0.1, 0.15) is 31.9 Å². The lowest BCUT2D eigenvalue weighted by Gasteiger charge is -2.26. The highest BCUT2D eigenvalue weighted by Gasteiger charge is 2.13. The molecule has 0 heterocycles. The number of hydrogen-bond donors (Lipinski definition) is 2. The van der Waals surface area contributed by atoms with Gasteiger partial charge in [0.15, 0.2) is 0 Å². The van der Waals surface area contributed by atoms with Crippen molar-refractivity contribution in [1.29, 1.82) is 0 Å². The fourth-order valence-electron chi connectivity index (χ4n) is 2.10. The molecule has 0 bridgehead atoms. The van der Waals surface area contributed by atoms with E-state index >= 15 is 0 Å². The monoisotopic (exact) mass is 277 g/mol. The molecule has 0 radical (unpaired) electrons. The summed E-state index contributed by atoms with van der Waals surface area (Å²) in [4.78, 5) is 13.7. The largest absolute Gasteiger partial charge is 0.362 e. The third-order valence-corrected chi connectivity index (χ3v) is 3.27. The van der Waals surface area contributed by atoms with Gasteiger partial charge in [-0.25, -0.2) is 0 Å². The third-order valence-electron chi connectivity index (χ3n) is 3.27. The Morgan fingerprint density at radius 2 is 2.05 bits per heavy atom. The molecule has 0 aromatic heterocycles. The van der Waals surface area contributed by atoms with Crippen LogP contribution in [0.15, 0.2) is 18.2 Å². The van der Waals surface area contributed by atoms with E-state index in [1.54, 1.807) is 7.05 Å². The predicted octanol–water partition coefficient (Wildman–Crippen LogP) is 2.07. The lowest BCUT2D eigenvalue weighted by Crippen LogP contribution is -2.36. The molecule has 0 aliphatic rings. The van der Waals surface area contributed by atoms with Crippen molar-refractivity contribution in [1.82, 2.24) is 10.6 Å². The van der Waals surface area contributed by atoms with Gasteiger partial charge in [-0.05, 0) is 25.5 Å². The zero-order valence-electron chi connectivity index (χ0n) is 13.3. The smallest absolute Gasteiger partial charge is 0.239 e. The number of hydrogen-bond acceptors (Lipinski definition) is 3. The van der Waals surface area contributed by atoms with Gasteiger partial charge in [-0.2, -0.15) is 0 Å². The molecule has 0 spiro atoms. The summed E-state index contributed by atoms with van der Waals surface area (Å²) in [6.45, 7) is 10.5. The van der Waals surface area contributed by atoms with Crippen LogP contribution in [0.4, 0.5) is 5.69 Å². The second-order valence-corrected chi connectivity index (χ2v) is 5.36. The SMILES string of the molecule is CCN(CC(=O)NC)c1ccc(C)cc1CNC(C)C. The summed E-state index contributed by atoms with van der Waals surface area (Å²) >= 11 is 0. The summed E-state index contributed by atoms with van der Waals surface area (Å²) in [7, 11) is 1.67.